The third-order valence-electron chi connectivity index (χ3n) is 2.33. The van der Waals surface area contributed by atoms with Crippen molar-refractivity contribution in [3.8, 4) is 0 Å². The fourth-order valence-electron chi connectivity index (χ4n) is 1.41. The van der Waals surface area contributed by atoms with E-state index in [9.17, 15) is 14.0 Å². The van der Waals surface area contributed by atoms with Gasteiger partial charge < -0.3 is 10.1 Å². The van der Waals surface area contributed by atoms with Gasteiger partial charge in [0, 0.05) is 18.2 Å². The zero-order chi connectivity index (χ0) is 15.0. The van der Waals surface area contributed by atoms with Gasteiger partial charge in [0.1, 0.15) is 5.82 Å². The molecule has 4 nitrogen and oxygen atoms in total. The van der Waals surface area contributed by atoms with Crippen molar-refractivity contribution in [3.63, 3.8) is 0 Å². The van der Waals surface area contributed by atoms with Crippen LogP contribution in [0.15, 0.2) is 24.3 Å². The Bertz CT molecular complexity index is 497. The summed E-state index contributed by atoms with van der Waals surface area (Å²) in [6.07, 6.45) is 2.54. The van der Waals surface area contributed by atoms with Gasteiger partial charge in [0.05, 0.1) is 18.1 Å². The van der Waals surface area contributed by atoms with Gasteiger partial charge in [-0.05, 0) is 25.1 Å². The predicted molar refractivity (Wildman–Crippen MR) is 74.7 cm³/mol. The highest BCUT2D eigenvalue weighted by Gasteiger charge is 2.05. The monoisotopic (exact) mass is 299 g/mol. The number of amides is 1. The second-order valence-electron chi connectivity index (χ2n) is 3.81. The summed E-state index contributed by atoms with van der Waals surface area (Å²) in [5, 5.41) is 2.71. The maximum absolute atomic E-state index is 13.4. The molecule has 0 saturated carbocycles. The Morgan fingerprint density at radius 1 is 1.45 bits per heavy atom. The topological polar surface area (TPSA) is 55.4 Å². The van der Waals surface area contributed by atoms with Crippen molar-refractivity contribution in [2.75, 3.05) is 13.2 Å². The van der Waals surface area contributed by atoms with Gasteiger partial charge in [-0.3, -0.25) is 9.59 Å². The summed E-state index contributed by atoms with van der Waals surface area (Å²) in [5.41, 5.74) is 0.148. The summed E-state index contributed by atoms with van der Waals surface area (Å²) in [5.74, 6) is -1.32. The predicted octanol–water partition coefficient (Wildman–Crippen LogP) is 2.56. The zero-order valence-electron chi connectivity index (χ0n) is 11.0. The van der Waals surface area contributed by atoms with Crippen LogP contribution in [0.1, 0.15) is 18.9 Å². The quantitative estimate of drug-likeness (QED) is 0.649. The summed E-state index contributed by atoms with van der Waals surface area (Å²) >= 11 is 5.81. The highest BCUT2D eigenvalue weighted by atomic mass is 35.5. The van der Waals surface area contributed by atoms with Gasteiger partial charge in [-0.25, -0.2) is 4.39 Å². The largest absolute Gasteiger partial charge is 0.466 e. The molecule has 0 atom stereocenters. The Kier molecular flexibility index (Phi) is 6.73. The minimum atomic E-state index is -0.506. The highest BCUT2D eigenvalue weighted by molar-refractivity contribution is 6.32. The van der Waals surface area contributed by atoms with E-state index >= 15 is 0 Å². The van der Waals surface area contributed by atoms with Crippen LogP contribution in [0.5, 0.6) is 0 Å². The van der Waals surface area contributed by atoms with Crippen LogP contribution < -0.4 is 5.32 Å². The zero-order valence-corrected chi connectivity index (χ0v) is 11.7. The molecule has 0 spiro atoms. The number of carbonyl (C=O) groups is 2. The van der Waals surface area contributed by atoms with Gasteiger partial charge in [0.25, 0.3) is 0 Å². The van der Waals surface area contributed by atoms with Crippen molar-refractivity contribution >= 4 is 29.6 Å². The molecule has 1 amide bonds. The van der Waals surface area contributed by atoms with Gasteiger partial charge in [0.15, 0.2) is 0 Å². The number of rotatable bonds is 6. The number of benzene rings is 1. The van der Waals surface area contributed by atoms with Gasteiger partial charge in [-0.2, -0.15) is 0 Å². The first-order valence-electron chi connectivity index (χ1n) is 6.10. The normalized spacial score (nSPS) is 10.6. The molecule has 0 aliphatic carbocycles. The van der Waals surface area contributed by atoms with E-state index in [0.717, 1.165) is 6.08 Å². The number of ether oxygens (including phenoxy) is 1. The summed E-state index contributed by atoms with van der Waals surface area (Å²) in [4.78, 5) is 22.5. The second kappa shape index (κ2) is 8.32. The molecule has 0 heterocycles. The van der Waals surface area contributed by atoms with Gasteiger partial charge in [-0.15, -0.1) is 0 Å². The molecule has 20 heavy (non-hydrogen) atoms. The number of halogens is 2. The molecule has 1 rings (SSSR count). The third kappa shape index (κ3) is 5.40. The van der Waals surface area contributed by atoms with Crippen molar-refractivity contribution in [2.45, 2.75) is 13.3 Å². The van der Waals surface area contributed by atoms with Crippen LogP contribution in [0.2, 0.25) is 5.02 Å². The van der Waals surface area contributed by atoms with Crippen LogP contribution in [0, 0.1) is 5.82 Å². The summed E-state index contributed by atoms with van der Waals surface area (Å²) in [7, 11) is 0. The van der Waals surface area contributed by atoms with Crippen molar-refractivity contribution in [1.29, 1.82) is 0 Å². The molecule has 1 N–H and O–H groups in total. The van der Waals surface area contributed by atoms with E-state index in [0.29, 0.717) is 6.61 Å². The molecule has 1 aromatic rings. The highest BCUT2D eigenvalue weighted by Crippen LogP contribution is 2.20. The molecule has 6 heteroatoms. The lowest BCUT2D eigenvalue weighted by molar-refractivity contribution is -0.142. The fraction of sp³-hybridized carbons (Fsp3) is 0.286. The average Bonchev–Trinajstić information content (AvgIpc) is 2.38. The Morgan fingerprint density at radius 3 is 2.85 bits per heavy atom. The minimum absolute atomic E-state index is 0.0911. The molecule has 0 fully saturated rings. The van der Waals surface area contributed by atoms with E-state index in [4.69, 9.17) is 16.3 Å². The number of carbonyl (C=O) groups excluding carboxylic acids is 2. The first kappa shape index (κ1) is 16.2. The summed E-state index contributed by atoms with van der Waals surface area (Å²) < 4.78 is 18.1. The molecule has 108 valence electrons. The smallest absolute Gasteiger partial charge is 0.307 e. The van der Waals surface area contributed by atoms with E-state index in [1.807, 2.05) is 0 Å². The molecule has 0 saturated heterocycles. The molecule has 0 aliphatic heterocycles. The number of nitrogens with one attached hydrogen (secondary N) is 1. The van der Waals surface area contributed by atoms with E-state index in [1.54, 1.807) is 6.92 Å². The number of esters is 1. The molecule has 0 radical (unpaired) electrons. The van der Waals surface area contributed by atoms with Crippen LogP contribution in [-0.2, 0) is 14.3 Å². The Balaban J connectivity index is 2.46. The number of hydrogen-bond donors (Lipinski definition) is 1. The Morgan fingerprint density at radius 2 is 2.20 bits per heavy atom. The molecule has 0 unspecified atom stereocenters. The molecule has 0 bridgehead atoms. The van der Waals surface area contributed by atoms with Crippen LogP contribution in [-0.4, -0.2) is 25.0 Å². The fourth-order valence-corrected chi connectivity index (χ4v) is 1.63. The molecule has 0 aromatic heterocycles. The number of hydrogen-bond acceptors (Lipinski definition) is 3. The van der Waals surface area contributed by atoms with Crippen LogP contribution in [0.4, 0.5) is 4.39 Å². The van der Waals surface area contributed by atoms with E-state index in [2.05, 4.69) is 5.32 Å². The maximum Gasteiger partial charge on any atom is 0.307 e. The molecule has 1 aromatic carbocycles. The van der Waals surface area contributed by atoms with Crippen molar-refractivity contribution in [3.05, 3.63) is 40.7 Å². The second-order valence-corrected chi connectivity index (χ2v) is 4.22. The standard InChI is InChI=1S/C14H15ClFNO3/c1-2-20-14(19)8-9-17-13(18)7-6-10-11(15)4-3-5-12(10)16/h3-7H,2,8-9H2,1H3,(H,17,18). The lowest BCUT2D eigenvalue weighted by Crippen LogP contribution is -2.24. The van der Waals surface area contributed by atoms with Gasteiger partial charge in [-0.1, -0.05) is 17.7 Å². The molecule has 0 aliphatic rings. The molecular formula is C14H15ClFNO3. The van der Waals surface area contributed by atoms with Crippen molar-refractivity contribution in [1.82, 2.24) is 5.32 Å². The lowest BCUT2D eigenvalue weighted by atomic mass is 10.2. The van der Waals surface area contributed by atoms with Gasteiger partial charge >= 0.3 is 5.97 Å². The van der Waals surface area contributed by atoms with E-state index < -0.39 is 11.7 Å². The first-order chi connectivity index (χ1) is 9.54. The maximum atomic E-state index is 13.4. The Labute approximate surface area is 121 Å². The van der Waals surface area contributed by atoms with Crippen LogP contribution in [0.3, 0.4) is 0 Å². The Hall–Kier alpha value is -1.88. The first-order valence-corrected chi connectivity index (χ1v) is 6.48. The third-order valence-corrected chi connectivity index (χ3v) is 2.66. The average molecular weight is 300 g/mol. The SMILES string of the molecule is CCOC(=O)CCNC(=O)C=Cc1c(F)cccc1Cl. The van der Waals surface area contributed by atoms with E-state index in [-0.39, 0.29) is 29.5 Å². The van der Waals surface area contributed by atoms with E-state index in [1.165, 1.54) is 24.3 Å². The van der Waals surface area contributed by atoms with Gasteiger partial charge in [0.2, 0.25) is 5.91 Å². The van der Waals surface area contributed by atoms with Crippen LogP contribution >= 0.6 is 11.6 Å². The van der Waals surface area contributed by atoms with Crippen molar-refractivity contribution in [2.24, 2.45) is 0 Å². The molecular weight excluding hydrogens is 285 g/mol. The summed E-state index contributed by atoms with van der Waals surface area (Å²) in [6, 6.07) is 4.27. The van der Waals surface area contributed by atoms with Crippen molar-refractivity contribution < 1.29 is 18.7 Å². The minimum Gasteiger partial charge on any atom is -0.466 e. The lowest BCUT2D eigenvalue weighted by Gasteiger charge is -2.03. The van der Waals surface area contributed by atoms with Crippen LogP contribution in [0.25, 0.3) is 6.08 Å². The summed E-state index contributed by atoms with van der Waals surface area (Å²) in [6.45, 7) is 2.17.